The second-order valence-electron chi connectivity index (χ2n) is 25.0. The highest BCUT2D eigenvalue weighted by Crippen LogP contribution is 2.26. The molecule has 1 aliphatic heterocycles. The molecule has 0 radical (unpaired) electrons. The number of hydrogen-bond acceptors (Lipinski definition) is 10. The van der Waals surface area contributed by atoms with Gasteiger partial charge in [-0.1, -0.05) is 300 Å². The minimum Gasteiger partial charge on any atom is -0.454 e. The Labute approximate surface area is 522 Å². The van der Waals surface area contributed by atoms with Gasteiger partial charge in [-0.15, -0.1) is 0 Å². The third-order valence-electron chi connectivity index (χ3n) is 16.9. The average Bonchev–Trinajstić information content (AvgIpc) is 2.90. The van der Waals surface area contributed by atoms with Crippen molar-refractivity contribution >= 4 is 11.9 Å². The van der Waals surface area contributed by atoms with Crippen LogP contribution in [0.3, 0.4) is 0 Å². The van der Waals surface area contributed by atoms with Crippen LogP contribution in [-0.4, -0.2) is 99.6 Å². The summed E-state index contributed by atoms with van der Waals surface area (Å²) in [7, 11) is 0. The smallest absolute Gasteiger partial charge is 0.306 e. The number of amides is 1. The number of allylic oxidation sites excluding steroid dienone is 9. The van der Waals surface area contributed by atoms with E-state index < -0.39 is 67.4 Å². The normalized spacial score (nSPS) is 18.7. The Bertz CT molecular complexity index is 1620. The summed E-state index contributed by atoms with van der Waals surface area (Å²) in [6.07, 6.45) is 68.3. The Kier molecular flexibility index (Phi) is 58.2. The first-order valence-corrected chi connectivity index (χ1v) is 36.1. The summed E-state index contributed by atoms with van der Waals surface area (Å²) in [6, 6.07) is -1.03. The second-order valence-corrected chi connectivity index (χ2v) is 25.0. The first kappa shape index (κ1) is 80.4. The number of aliphatic hydroxyl groups excluding tert-OH is 5. The van der Waals surface area contributed by atoms with Crippen LogP contribution in [0, 0.1) is 0 Å². The molecule has 1 amide bonds. The van der Waals surface area contributed by atoms with Gasteiger partial charge in [0.1, 0.15) is 24.4 Å². The van der Waals surface area contributed by atoms with E-state index in [9.17, 15) is 35.1 Å². The van der Waals surface area contributed by atoms with E-state index in [2.05, 4.69) is 74.7 Å². The number of hydrogen-bond donors (Lipinski definition) is 6. The lowest BCUT2D eigenvalue weighted by Gasteiger charge is -2.41. The standard InChI is InChI=1S/C74H135NO10/c1-4-7-10-13-16-19-22-24-26-28-30-32-34-36-38-40-42-44-47-50-53-56-59-62-69(79)85-72-71(81)70(80)68(63-76)84-74(72)83-64-65(66(77)60-57-54-51-48-45-21-18-15-12-9-6-3)75-73(82)67(78)61-58-55-52-49-46-43-41-39-37-35-33-31-29-27-25-23-20-17-14-11-8-5-2/h16,19,24-27,30,32,57,60,65-68,70-72,74,76-78,80-81H,4-15,17-18,20-23,28-29,31,33-56,58-59,61-64H2,1-3H3,(H,75,82)/b19-16-,26-24-,27-25+,32-30-,60-57+. The van der Waals surface area contributed by atoms with E-state index in [-0.39, 0.29) is 13.0 Å². The highest BCUT2D eigenvalue weighted by molar-refractivity contribution is 5.80. The van der Waals surface area contributed by atoms with Gasteiger partial charge in [0.2, 0.25) is 5.91 Å². The van der Waals surface area contributed by atoms with E-state index >= 15 is 0 Å². The van der Waals surface area contributed by atoms with Gasteiger partial charge in [0.25, 0.3) is 0 Å². The summed E-state index contributed by atoms with van der Waals surface area (Å²) in [6.45, 7) is 5.79. The lowest BCUT2D eigenvalue weighted by molar-refractivity contribution is -0.305. The molecule has 1 aliphatic rings. The minimum atomic E-state index is -1.62. The highest BCUT2D eigenvalue weighted by Gasteiger charge is 2.47. The van der Waals surface area contributed by atoms with Gasteiger partial charge in [-0.2, -0.15) is 0 Å². The molecule has 8 unspecified atom stereocenters. The van der Waals surface area contributed by atoms with Gasteiger partial charge >= 0.3 is 5.97 Å². The molecule has 11 nitrogen and oxygen atoms in total. The molecule has 0 aromatic heterocycles. The maximum absolute atomic E-state index is 13.5. The van der Waals surface area contributed by atoms with Crippen LogP contribution in [-0.2, 0) is 23.8 Å². The molecule has 8 atom stereocenters. The number of rotatable bonds is 62. The molecule has 85 heavy (non-hydrogen) atoms. The maximum atomic E-state index is 13.5. The van der Waals surface area contributed by atoms with Crippen molar-refractivity contribution in [2.75, 3.05) is 13.2 Å². The third kappa shape index (κ3) is 48.9. The molecule has 0 saturated carbocycles. The van der Waals surface area contributed by atoms with Crippen molar-refractivity contribution in [2.45, 2.75) is 384 Å². The topological polar surface area (TPSA) is 175 Å². The van der Waals surface area contributed by atoms with E-state index in [0.29, 0.717) is 19.3 Å². The highest BCUT2D eigenvalue weighted by atomic mass is 16.7. The number of esters is 1. The Balaban J connectivity index is 2.55. The fourth-order valence-electron chi connectivity index (χ4n) is 11.2. The monoisotopic (exact) mass is 1200 g/mol. The minimum absolute atomic E-state index is 0.119. The fourth-order valence-corrected chi connectivity index (χ4v) is 11.2. The van der Waals surface area contributed by atoms with E-state index in [1.54, 1.807) is 6.08 Å². The third-order valence-corrected chi connectivity index (χ3v) is 16.9. The Hall–Kier alpha value is -2.64. The predicted molar refractivity (Wildman–Crippen MR) is 356 cm³/mol. The van der Waals surface area contributed by atoms with Gasteiger partial charge in [-0.05, 0) is 89.9 Å². The van der Waals surface area contributed by atoms with Crippen LogP contribution in [0.4, 0.5) is 0 Å². The summed E-state index contributed by atoms with van der Waals surface area (Å²) in [5, 5.41) is 57.2. The molecule has 496 valence electrons. The van der Waals surface area contributed by atoms with Crippen LogP contribution in [0.5, 0.6) is 0 Å². The van der Waals surface area contributed by atoms with Crippen LogP contribution < -0.4 is 5.32 Å². The van der Waals surface area contributed by atoms with Crippen molar-refractivity contribution in [3.8, 4) is 0 Å². The molecule has 0 aromatic rings. The molecule has 0 aromatic carbocycles. The van der Waals surface area contributed by atoms with Crippen molar-refractivity contribution in [1.82, 2.24) is 5.32 Å². The summed E-state index contributed by atoms with van der Waals surface area (Å²) >= 11 is 0. The molecule has 0 bridgehead atoms. The van der Waals surface area contributed by atoms with Crippen LogP contribution in [0.25, 0.3) is 0 Å². The first-order chi connectivity index (χ1) is 41.7. The summed E-state index contributed by atoms with van der Waals surface area (Å²) in [5.74, 6) is -1.19. The largest absolute Gasteiger partial charge is 0.454 e. The van der Waals surface area contributed by atoms with Crippen molar-refractivity contribution in [3.63, 3.8) is 0 Å². The molecule has 11 heteroatoms. The first-order valence-electron chi connectivity index (χ1n) is 36.1. The zero-order valence-corrected chi connectivity index (χ0v) is 55.2. The van der Waals surface area contributed by atoms with Crippen LogP contribution >= 0.6 is 0 Å². The summed E-state index contributed by atoms with van der Waals surface area (Å²) < 4.78 is 17.7. The molecule has 1 saturated heterocycles. The van der Waals surface area contributed by atoms with Crippen molar-refractivity contribution in [3.05, 3.63) is 60.8 Å². The number of unbranched alkanes of at least 4 members (excludes halogenated alkanes) is 40. The van der Waals surface area contributed by atoms with Crippen molar-refractivity contribution in [2.24, 2.45) is 0 Å². The number of nitrogens with one attached hydrogen (secondary N) is 1. The molecule has 6 N–H and O–H groups in total. The summed E-state index contributed by atoms with van der Waals surface area (Å²) in [5.41, 5.74) is 0. The molecule has 1 rings (SSSR count). The van der Waals surface area contributed by atoms with Gasteiger partial charge in [-0.25, -0.2) is 0 Å². The Morgan fingerprint density at radius 1 is 0.459 bits per heavy atom. The zero-order chi connectivity index (χ0) is 61.7. The summed E-state index contributed by atoms with van der Waals surface area (Å²) in [4.78, 5) is 26.7. The van der Waals surface area contributed by atoms with Crippen LogP contribution in [0.1, 0.15) is 335 Å². The van der Waals surface area contributed by atoms with Crippen molar-refractivity contribution in [1.29, 1.82) is 0 Å². The predicted octanol–water partition coefficient (Wildman–Crippen LogP) is 18.5. The lowest BCUT2D eigenvalue weighted by atomic mass is 9.99. The second kappa shape index (κ2) is 61.6. The molecular formula is C74H135NO10. The number of ether oxygens (including phenoxy) is 3. The van der Waals surface area contributed by atoms with Gasteiger partial charge in [0.15, 0.2) is 12.4 Å². The van der Waals surface area contributed by atoms with Crippen LogP contribution in [0.2, 0.25) is 0 Å². The molecular weight excluding hydrogens is 1060 g/mol. The van der Waals surface area contributed by atoms with Gasteiger partial charge in [-0.3, -0.25) is 9.59 Å². The Morgan fingerprint density at radius 3 is 1.25 bits per heavy atom. The molecule has 0 spiro atoms. The SMILES string of the molecule is CCCCC/C=C\C/C=C\C/C=C\CCCCCCCCCCCCC(=O)OC1C(OCC(NC(=O)C(O)CCCCCCCCCCCCCC/C=C/CCCCCCCC)C(O)/C=C/CCCCCCCCCCC)OC(CO)C(O)C1O. The van der Waals surface area contributed by atoms with E-state index in [4.69, 9.17) is 14.2 Å². The van der Waals surface area contributed by atoms with Gasteiger partial charge in [0, 0.05) is 6.42 Å². The van der Waals surface area contributed by atoms with E-state index in [1.807, 2.05) is 6.08 Å². The lowest BCUT2D eigenvalue weighted by Crippen LogP contribution is -2.61. The average molecular weight is 1200 g/mol. The quantitative estimate of drug-likeness (QED) is 0.0195. The number of aliphatic hydroxyl groups is 5. The van der Waals surface area contributed by atoms with Crippen molar-refractivity contribution < 1.29 is 49.3 Å². The molecule has 0 aliphatic carbocycles. The number of carbonyl (C=O) groups is 2. The Morgan fingerprint density at radius 2 is 0.812 bits per heavy atom. The number of carbonyl (C=O) groups excluding carboxylic acids is 2. The fraction of sp³-hybridized carbons (Fsp3) is 0.838. The maximum Gasteiger partial charge on any atom is 0.306 e. The van der Waals surface area contributed by atoms with Crippen LogP contribution in [0.15, 0.2) is 60.8 Å². The van der Waals surface area contributed by atoms with Gasteiger partial charge in [0.05, 0.1) is 25.4 Å². The molecule has 1 heterocycles. The molecule has 1 fully saturated rings. The zero-order valence-electron chi connectivity index (χ0n) is 55.2. The van der Waals surface area contributed by atoms with E-state index in [1.165, 1.54) is 212 Å². The van der Waals surface area contributed by atoms with E-state index in [0.717, 1.165) is 77.0 Å². The van der Waals surface area contributed by atoms with Gasteiger partial charge < -0.3 is 45.1 Å².